The van der Waals surface area contributed by atoms with Gasteiger partial charge in [0.1, 0.15) is 5.75 Å². The Morgan fingerprint density at radius 1 is 1.12 bits per heavy atom. The molecule has 1 amide bonds. The van der Waals surface area contributed by atoms with Crippen molar-refractivity contribution < 1.29 is 17.9 Å². The fraction of sp³-hybridized carbons (Fsp3) is 0.235. The van der Waals surface area contributed by atoms with E-state index in [0.29, 0.717) is 17.1 Å². The summed E-state index contributed by atoms with van der Waals surface area (Å²) in [6.07, 6.45) is 1.18. The van der Waals surface area contributed by atoms with Crippen LogP contribution in [0, 0.1) is 6.92 Å². The van der Waals surface area contributed by atoms with E-state index >= 15 is 0 Å². The van der Waals surface area contributed by atoms with Gasteiger partial charge in [0.05, 0.1) is 31.2 Å². The number of hydrogen-bond acceptors (Lipinski definition) is 4. The zero-order valence-electron chi connectivity index (χ0n) is 13.8. The number of amides is 1. The molecule has 0 aliphatic heterocycles. The highest BCUT2D eigenvalue weighted by molar-refractivity contribution is 7.92. The maximum absolute atomic E-state index is 12.3. The van der Waals surface area contributed by atoms with Crippen molar-refractivity contribution in [3.05, 3.63) is 53.6 Å². The average molecular weight is 348 g/mol. The minimum Gasteiger partial charge on any atom is -0.496 e. The van der Waals surface area contributed by atoms with E-state index in [2.05, 4.69) is 10.0 Å². The summed E-state index contributed by atoms with van der Waals surface area (Å²) in [4.78, 5) is 12.3. The van der Waals surface area contributed by atoms with Crippen LogP contribution in [0.25, 0.3) is 0 Å². The van der Waals surface area contributed by atoms with Gasteiger partial charge >= 0.3 is 0 Å². The van der Waals surface area contributed by atoms with Gasteiger partial charge in [-0.05, 0) is 25.1 Å². The van der Waals surface area contributed by atoms with Gasteiger partial charge in [-0.2, -0.15) is 0 Å². The lowest BCUT2D eigenvalue weighted by molar-refractivity contribution is -0.115. The molecule has 2 N–H and O–H groups in total. The molecule has 2 aromatic carbocycles. The third-order valence-electron chi connectivity index (χ3n) is 3.28. The molecule has 0 aliphatic carbocycles. The molecule has 0 saturated heterocycles. The van der Waals surface area contributed by atoms with Crippen LogP contribution in [0.3, 0.4) is 0 Å². The molecule has 0 saturated carbocycles. The molecular formula is C17H20N2O4S. The first kappa shape index (κ1) is 17.8. The zero-order chi connectivity index (χ0) is 17.7. The van der Waals surface area contributed by atoms with Crippen LogP contribution in [-0.4, -0.2) is 27.7 Å². The maximum atomic E-state index is 12.3. The van der Waals surface area contributed by atoms with Crippen LogP contribution in [0.2, 0.25) is 0 Å². The molecule has 6 nitrogen and oxygen atoms in total. The van der Waals surface area contributed by atoms with Gasteiger partial charge in [-0.25, -0.2) is 8.42 Å². The highest BCUT2D eigenvalue weighted by Crippen LogP contribution is 2.24. The summed E-state index contributed by atoms with van der Waals surface area (Å²) < 4.78 is 30.5. The van der Waals surface area contributed by atoms with Crippen LogP contribution in [0.1, 0.15) is 11.1 Å². The Balaban J connectivity index is 2.18. The summed E-state index contributed by atoms with van der Waals surface area (Å²) >= 11 is 0. The quantitative estimate of drug-likeness (QED) is 0.840. The molecule has 7 heteroatoms. The summed E-state index contributed by atoms with van der Waals surface area (Å²) in [5, 5.41) is 2.73. The summed E-state index contributed by atoms with van der Waals surface area (Å²) in [5.74, 6) is 0.375. The molecule has 0 radical (unpaired) electrons. The van der Waals surface area contributed by atoms with Crippen molar-refractivity contribution in [2.45, 2.75) is 13.3 Å². The van der Waals surface area contributed by atoms with Gasteiger partial charge in [0.2, 0.25) is 15.9 Å². The average Bonchev–Trinajstić information content (AvgIpc) is 2.48. The van der Waals surface area contributed by atoms with Crippen molar-refractivity contribution in [1.29, 1.82) is 0 Å². The predicted octanol–water partition coefficient (Wildman–Crippen LogP) is 2.56. The summed E-state index contributed by atoms with van der Waals surface area (Å²) in [5.41, 5.74) is 2.52. The Morgan fingerprint density at radius 2 is 1.79 bits per heavy atom. The van der Waals surface area contributed by atoms with Gasteiger partial charge in [-0.3, -0.25) is 9.52 Å². The van der Waals surface area contributed by atoms with E-state index in [1.54, 1.807) is 31.4 Å². The first-order valence-corrected chi connectivity index (χ1v) is 9.18. The normalized spacial score (nSPS) is 11.0. The molecule has 2 aromatic rings. The van der Waals surface area contributed by atoms with E-state index in [0.717, 1.165) is 17.4 Å². The van der Waals surface area contributed by atoms with E-state index < -0.39 is 10.0 Å². The smallest absolute Gasteiger partial charge is 0.229 e. The van der Waals surface area contributed by atoms with Crippen molar-refractivity contribution >= 4 is 27.3 Å². The van der Waals surface area contributed by atoms with E-state index in [-0.39, 0.29) is 12.3 Å². The molecular weight excluding hydrogens is 328 g/mol. The van der Waals surface area contributed by atoms with Crippen molar-refractivity contribution in [1.82, 2.24) is 0 Å². The summed E-state index contributed by atoms with van der Waals surface area (Å²) in [6.45, 7) is 1.94. The lowest BCUT2D eigenvalue weighted by Crippen LogP contribution is -2.17. The van der Waals surface area contributed by atoms with E-state index in [4.69, 9.17) is 4.74 Å². The van der Waals surface area contributed by atoms with Crippen LogP contribution < -0.4 is 14.8 Å². The van der Waals surface area contributed by atoms with Crippen LogP contribution in [0.5, 0.6) is 5.75 Å². The second-order valence-corrected chi connectivity index (χ2v) is 7.21. The SMILES string of the molecule is COc1ccc(C)cc1CC(=O)Nc1ccccc1NS(C)(=O)=O. The van der Waals surface area contributed by atoms with Crippen molar-refractivity contribution in [3.8, 4) is 5.75 Å². The summed E-state index contributed by atoms with van der Waals surface area (Å²) in [7, 11) is -1.88. The molecule has 24 heavy (non-hydrogen) atoms. The molecule has 0 atom stereocenters. The Hall–Kier alpha value is -2.54. The standard InChI is InChI=1S/C17H20N2O4S/c1-12-8-9-16(23-2)13(10-12)11-17(20)18-14-6-4-5-7-15(14)19-24(3,21)22/h4-10,19H,11H2,1-3H3,(H,18,20). The van der Waals surface area contributed by atoms with Gasteiger partial charge < -0.3 is 10.1 Å². The van der Waals surface area contributed by atoms with Crippen molar-refractivity contribution in [3.63, 3.8) is 0 Å². The van der Waals surface area contributed by atoms with Crippen LogP contribution in [-0.2, 0) is 21.2 Å². The van der Waals surface area contributed by atoms with Gasteiger partial charge in [0, 0.05) is 5.56 Å². The number of anilines is 2. The number of ether oxygens (including phenoxy) is 1. The molecule has 128 valence electrons. The second kappa shape index (κ2) is 7.35. The predicted molar refractivity (Wildman–Crippen MR) is 95.0 cm³/mol. The second-order valence-electron chi connectivity index (χ2n) is 5.46. The summed E-state index contributed by atoms with van der Waals surface area (Å²) in [6, 6.07) is 12.2. The molecule has 0 aliphatic rings. The number of hydrogen-bond donors (Lipinski definition) is 2. The van der Waals surface area contributed by atoms with Crippen LogP contribution >= 0.6 is 0 Å². The fourth-order valence-electron chi connectivity index (χ4n) is 2.29. The molecule has 0 fully saturated rings. The minimum atomic E-state index is -3.43. The Bertz CT molecular complexity index is 847. The lowest BCUT2D eigenvalue weighted by Gasteiger charge is -2.13. The highest BCUT2D eigenvalue weighted by atomic mass is 32.2. The lowest BCUT2D eigenvalue weighted by atomic mass is 10.1. The first-order chi connectivity index (χ1) is 11.3. The van der Waals surface area contributed by atoms with Gasteiger partial charge in [-0.1, -0.05) is 29.8 Å². The van der Waals surface area contributed by atoms with E-state index in [1.165, 1.54) is 0 Å². The third kappa shape index (κ3) is 4.99. The molecule has 0 aromatic heterocycles. The molecule has 0 heterocycles. The number of rotatable bonds is 6. The number of carbonyl (C=O) groups is 1. The monoisotopic (exact) mass is 348 g/mol. The number of nitrogens with one attached hydrogen (secondary N) is 2. The van der Waals surface area contributed by atoms with Crippen LogP contribution in [0.4, 0.5) is 11.4 Å². The number of methoxy groups -OCH3 is 1. The molecule has 0 bridgehead atoms. The Kier molecular flexibility index (Phi) is 5.46. The number of benzene rings is 2. The molecule has 0 spiro atoms. The van der Waals surface area contributed by atoms with Crippen molar-refractivity contribution in [2.75, 3.05) is 23.4 Å². The number of sulfonamides is 1. The minimum absolute atomic E-state index is 0.123. The molecule has 2 rings (SSSR count). The topological polar surface area (TPSA) is 84.5 Å². The Morgan fingerprint density at radius 3 is 2.42 bits per heavy atom. The maximum Gasteiger partial charge on any atom is 0.229 e. The number of aryl methyl sites for hydroxylation is 1. The fourth-order valence-corrected chi connectivity index (χ4v) is 2.87. The van der Waals surface area contributed by atoms with E-state index in [9.17, 15) is 13.2 Å². The van der Waals surface area contributed by atoms with Gasteiger partial charge in [0.15, 0.2) is 0 Å². The van der Waals surface area contributed by atoms with Crippen molar-refractivity contribution in [2.24, 2.45) is 0 Å². The Labute approximate surface area is 141 Å². The zero-order valence-corrected chi connectivity index (χ0v) is 14.6. The van der Waals surface area contributed by atoms with E-state index in [1.807, 2.05) is 25.1 Å². The van der Waals surface area contributed by atoms with Gasteiger partial charge in [-0.15, -0.1) is 0 Å². The highest BCUT2D eigenvalue weighted by Gasteiger charge is 2.12. The van der Waals surface area contributed by atoms with Gasteiger partial charge in [0.25, 0.3) is 0 Å². The largest absolute Gasteiger partial charge is 0.496 e. The number of carbonyl (C=O) groups excluding carboxylic acids is 1. The number of para-hydroxylation sites is 2. The third-order valence-corrected chi connectivity index (χ3v) is 3.87. The molecule has 0 unspecified atom stereocenters. The van der Waals surface area contributed by atoms with Crippen LogP contribution in [0.15, 0.2) is 42.5 Å². The first-order valence-electron chi connectivity index (χ1n) is 7.28.